The summed E-state index contributed by atoms with van der Waals surface area (Å²) < 4.78 is 5.16. The molecule has 1 saturated carbocycles. The van der Waals surface area contributed by atoms with Gasteiger partial charge in [0.1, 0.15) is 5.76 Å². The van der Waals surface area contributed by atoms with Crippen molar-refractivity contribution in [2.75, 3.05) is 19.6 Å². The van der Waals surface area contributed by atoms with Crippen molar-refractivity contribution < 1.29 is 14.1 Å². The van der Waals surface area contributed by atoms with Crippen molar-refractivity contribution in [1.29, 1.82) is 0 Å². The lowest BCUT2D eigenvalue weighted by molar-refractivity contribution is -0.128. The fraction of sp³-hybridized carbons (Fsp3) is 0.615. The first-order chi connectivity index (χ1) is 9.67. The van der Waals surface area contributed by atoms with Crippen LogP contribution in [0.5, 0.6) is 0 Å². The van der Waals surface area contributed by atoms with Crippen LogP contribution in [0.3, 0.4) is 0 Å². The van der Waals surface area contributed by atoms with Gasteiger partial charge in [-0.25, -0.2) is 0 Å². The molecule has 2 aliphatic rings. The standard InChI is InChI=1S/C13H18N4O3/c14-6-12(18)17-4-3-9(7-17)15-13(19)10-5-11(20-16-10)8-1-2-8/h5,8-9H,1-4,6-7,14H2,(H,15,19). The molecule has 1 atom stereocenters. The molecule has 1 unspecified atom stereocenters. The molecule has 20 heavy (non-hydrogen) atoms. The second-order valence-corrected chi connectivity index (χ2v) is 5.39. The summed E-state index contributed by atoms with van der Waals surface area (Å²) in [4.78, 5) is 25.2. The van der Waals surface area contributed by atoms with Crippen LogP contribution in [-0.2, 0) is 4.79 Å². The number of likely N-dealkylation sites (tertiary alicyclic amines) is 1. The maximum absolute atomic E-state index is 12.0. The first-order valence-corrected chi connectivity index (χ1v) is 6.92. The van der Waals surface area contributed by atoms with Crippen LogP contribution < -0.4 is 11.1 Å². The van der Waals surface area contributed by atoms with Gasteiger partial charge in [-0.15, -0.1) is 0 Å². The molecule has 7 nitrogen and oxygen atoms in total. The van der Waals surface area contributed by atoms with E-state index in [9.17, 15) is 9.59 Å². The zero-order valence-corrected chi connectivity index (χ0v) is 11.2. The maximum atomic E-state index is 12.0. The number of aromatic nitrogens is 1. The molecule has 7 heteroatoms. The second kappa shape index (κ2) is 5.24. The van der Waals surface area contributed by atoms with Gasteiger partial charge in [0.2, 0.25) is 5.91 Å². The van der Waals surface area contributed by atoms with Crippen LogP contribution in [0, 0.1) is 0 Å². The molecule has 0 spiro atoms. The SMILES string of the molecule is NCC(=O)N1CCC(NC(=O)c2cc(C3CC3)on2)C1. The molecule has 2 fully saturated rings. The molecule has 3 N–H and O–H groups in total. The number of nitrogens with two attached hydrogens (primary N) is 1. The maximum Gasteiger partial charge on any atom is 0.273 e. The van der Waals surface area contributed by atoms with Crippen molar-refractivity contribution >= 4 is 11.8 Å². The van der Waals surface area contributed by atoms with E-state index >= 15 is 0 Å². The average Bonchev–Trinajstić information content (AvgIpc) is 3.01. The molecule has 1 aromatic rings. The molecule has 1 saturated heterocycles. The fourth-order valence-electron chi connectivity index (χ4n) is 2.45. The Kier molecular flexibility index (Phi) is 3.43. The molecular formula is C13H18N4O3. The third kappa shape index (κ3) is 2.67. The van der Waals surface area contributed by atoms with Crippen LogP contribution in [0.15, 0.2) is 10.6 Å². The van der Waals surface area contributed by atoms with Gasteiger partial charge in [0.05, 0.1) is 6.54 Å². The number of carbonyl (C=O) groups excluding carboxylic acids is 2. The van der Waals surface area contributed by atoms with E-state index in [1.54, 1.807) is 11.0 Å². The minimum atomic E-state index is -0.243. The number of nitrogens with one attached hydrogen (secondary N) is 1. The summed E-state index contributed by atoms with van der Waals surface area (Å²) in [5, 5.41) is 6.68. The van der Waals surface area contributed by atoms with Crippen molar-refractivity contribution in [3.05, 3.63) is 17.5 Å². The van der Waals surface area contributed by atoms with Gasteiger partial charge in [-0.2, -0.15) is 0 Å². The molecule has 0 radical (unpaired) electrons. The Balaban J connectivity index is 1.55. The molecular weight excluding hydrogens is 260 g/mol. The molecule has 1 aliphatic heterocycles. The Morgan fingerprint density at radius 1 is 1.45 bits per heavy atom. The summed E-state index contributed by atoms with van der Waals surface area (Å²) in [6, 6.07) is 1.67. The van der Waals surface area contributed by atoms with Crippen LogP contribution in [0.2, 0.25) is 0 Å². The van der Waals surface area contributed by atoms with E-state index in [0.717, 1.165) is 25.0 Å². The molecule has 2 heterocycles. The highest BCUT2D eigenvalue weighted by Gasteiger charge is 2.30. The minimum absolute atomic E-state index is 0.00863. The average molecular weight is 278 g/mol. The van der Waals surface area contributed by atoms with E-state index in [-0.39, 0.29) is 24.4 Å². The highest BCUT2D eigenvalue weighted by Crippen LogP contribution is 2.40. The molecule has 108 valence electrons. The topological polar surface area (TPSA) is 101 Å². The quantitative estimate of drug-likeness (QED) is 0.797. The van der Waals surface area contributed by atoms with Gasteiger partial charge in [0.15, 0.2) is 5.69 Å². The predicted molar refractivity (Wildman–Crippen MR) is 70.0 cm³/mol. The number of rotatable bonds is 4. The summed E-state index contributed by atoms with van der Waals surface area (Å²) in [6.45, 7) is 1.15. The zero-order chi connectivity index (χ0) is 14.1. The lowest BCUT2D eigenvalue weighted by Gasteiger charge is -2.15. The Bertz CT molecular complexity index is 523. The van der Waals surface area contributed by atoms with Gasteiger partial charge < -0.3 is 20.5 Å². The predicted octanol–water partition coefficient (Wildman–Crippen LogP) is -0.159. The first-order valence-electron chi connectivity index (χ1n) is 6.92. The highest BCUT2D eigenvalue weighted by atomic mass is 16.5. The summed E-state index contributed by atoms with van der Waals surface area (Å²) >= 11 is 0. The van der Waals surface area contributed by atoms with Crippen LogP contribution in [0.4, 0.5) is 0 Å². The largest absolute Gasteiger partial charge is 0.360 e. The Hall–Kier alpha value is -1.89. The van der Waals surface area contributed by atoms with E-state index in [1.165, 1.54) is 0 Å². The summed E-state index contributed by atoms with van der Waals surface area (Å²) in [6.07, 6.45) is 2.95. The number of amides is 2. The monoisotopic (exact) mass is 278 g/mol. The van der Waals surface area contributed by atoms with E-state index < -0.39 is 0 Å². The lowest BCUT2D eigenvalue weighted by atomic mass is 10.2. The van der Waals surface area contributed by atoms with Gasteiger partial charge in [-0.3, -0.25) is 9.59 Å². The van der Waals surface area contributed by atoms with E-state index in [2.05, 4.69) is 10.5 Å². The third-order valence-corrected chi connectivity index (χ3v) is 3.79. The van der Waals surface area contributed by atoms with E-state index in [0.29, 0.717) is 24.7 Å². The fourth-order valence-corrected chi connectivity index (χ4v) is 2.45. The lowest BCUT2D eigenvalue weighted by Crippen LogP contribution is -2.40. The van der Waals surface area contributed by atoms with Gasteiger partial charge in [-0.05, 0) is 19.3 Å². The van der Waals surface area contributed by atoms with Gasteiger partial charge in [0, 0.05) is 31.1 Å². The third-order valence-electron chi connectivity index (χ3n) is 3.79. The normalized spacial score (nSPS) is 22.1. The van der Waals surface area contributed by atoms with Gasteiger partial charge in [0.25, 0.3) is 5.91 Å². The van der Waals surface area contributed by atoms with Crippen LogP contribution >= 0.6 is 0 Å². The van der Waals surface area contributed by atoms with Crippen LogP contribution in [0.25, 0.3) is 0 Å². The van der Waals surface area contributed by atoms with Gasteiger partial charge in [-0.1, -0.05) is 5.16 Å². The molecule has 3 rings (SSSR count). The summed E-state index contributed by atoms with van der Waals surface area (Å²) in [5.74, 6) is 0.904. The number of nitrogens with zero attached hydrogens (tertiary/aromatic N) is 2. The van der Waals surface area contributed by atoms with Crippen molar-refractivity contribution in [3.63, 3.8) is 0 Å². The van der Waals surface area contributed by atoms with Crippen LogP contribution in [-0.4, -0.2) is 47.5 Å². The molecule has 1 aromatic heterocycles. The van der Waals surface area contributed by atoms with Crippen molar-refractivity contribution in [2.45, 2.75) is 31.2 Å². The molecule has 2 amide bonds. The number of carbonyl (C=O) groups is 2. The van der Waals surface area contributed by atoms with E-state index in [4.69, 9.17) is 10.3 Å². The zero-order valence-electron chi connectivity index (χ0n) is 11.2. The summed E-state index contributed by atoms with van der Waals surface area (Å²) in [7, 11) is 0. The smallest absolute Gasteiger partial charge is 0.273 e. The first kappa shape index (κ1) is 13.1. The van der Waals surface area contributed by atoms with Crippen LogP contribution in [0.1, 0.15) is 41.4 Å². The summed E-state index contributed by atoms with van der Waals surface area (Å²) in [5.41, 5.74) is 5.64. The Morgan fingerprint density at radius 3 is 2.95 bits per heavy atom. The van der Waals surface area contributed by atoms with Crippen molar-refractivity contribution in [3.8, 4) is 0 Å². The molecule has 0 bridgehead atoms. The van der Waals surface area contributed by atoms with Crippen molar-refractivity contribution in [2.24, 2.45) is 5.73 Å². The second-order valence-electron chi connectivity index (χ2n) is 5.39. The Morgan fingerprint density at radius 2 is 2.25 bits per heavy atom. The molecule has 0 aromatic carbocycles. The van der Waals surface area contributed by atoms with E-state index in [1.807, 2.05) is 0 Å². The number of hydrogen-bond acceptors (Lipinski definition) is 5. The highest BCUT2D eigenvalue weighted by molar-refractivity contribution is 5.92. The number of hydrogen-bond donors (Lipinski definition) is 2. The van der Waals surface area contributed by atoms with Crippen molar-refractivity contribution in [1.82, 2.24) is 15.4 Å². The van der Waals surface area contributed by atoms with Gasteiger partial charge >= 0.3 is 0 Å². The molecule has 1 aliphatic carbocycles. The Labute approximate surface area is 116 Å². The minimum Gasteiger partial charge on any atom is -0.360 e.